The Labute approximate surface area is 96.5 Å². The highest BCUT2D eigenvalue weighted by Gasteiger charge is 2.18. The Balaban J connectivity index is 3.00. The molecular weight excluding hydrogens is 298 g/mol. The predicted molar refractivity (Wildman–Crippen MR) is 53.7 cm³/mol. The molecule has 7 heteroatoms. The number of halogens is 5. The standard InChI is InChI=1S/C8H4BrClF3NO/c9-4-1-3(11)2-5(10)6(4)14-8(15)7(12)13/h1-2,7H,(H,14,15). The number of carbonyl (C=O) groups is 1. The minimum atomic E-state index is -3.15. The summed E-state index contributed by atoms with van der Waals surface area (Å²) in [6.45, 7) is 0. The molecule has 0 bridgehead atoms. The summed E-state index contributed by atoms with van der Waals surface area (Å²) in [7, 11) is 0. The van der Waals surface area contributed by atoms with Crippen LogP contribution in [0.15, 0.2) is 16.6 Å². The summed E-state index contributed by atoms with van der Waals surface area (Å²) in [6.07, 6.45) is -3.15. The molecule has 0 aliphatic carbocycles. The quantitative estimate of drug-likeness (QED) is 0.891. The predicted octanol–water partition coefficient (Wildman–Crippen LogP) is 3.45. The second kappa shape index (κ2) is 4.85. The maximum Gasteiger partial charge on any atom is 0.315 e. The summed E-state index contributed by atoms with van der Waals surface area (Å²) in [5.74, 6) is -2.13. The molecule has 0 saturated heterocycles. The fourth-order valence-electron chi connectivity index (χ4n) is 0.839. The maximum atomic E-state index is 12.7. The van der Waals surface area contributed by atoms with Crippen LogP contribution in [-0.2, 0) is 4.79 Å². The third-order valence-corrected chi connectivity index (χ3v) is 2.38. The SMILES string of the molecule is O=C(Nc1c(Cl)cc(F)cc1Br)C(F)F. The number of hydrogen-bond acceptors (Lipinski definition) is 1. The Morgan fingerprint density at radius 1 is 1.47 bits per heavy atom. The third-order valence-electron chi connectivity index (χ3n) is 1.45. The van der Waals surface area contributed by atoms with Crippen molar-refractivity contribution >= 4 is 39.1 Å². The fraction of sp³-hybridized carbons (Fsp3) is 0.125. The van der Waals surface area contributed by atoms with E-state index in [2.05, 4.69) is 15.9 Å². The molecule has 0 radical (unpaired) electrons. The van der Waals surface area contributed by atoms with Crippen LogP contribution in [0.4, 0.5) is 18.9 Å². The first-order valence-electron chi connectivity index (χ1n) is 3.65. The van der Waals surface area contributed by atoms with Crippen molar-refractivity contribution in [2.45, 2.75) is 6.43 Å². The van der Waals surface area contributed by atoms with Crippen molar-refractivity contribution in [1.29, 1.82) is 0 Å². The fourth-order valence-corrected chi connectivity index (χ4v) is 1.74. The number of hydrogen-bond donors (Lipinski definition) is 1. The van der Waals surface area contributed by atoms with Gasteiger partial charge in [-0.25, -0.2) is 4.39 Å². The first-order chi connectivity index (χ1) is 6.91. The van der Waals surface area contributed by atoms with E-state index in [9.17, 15) is 18.0 Å². The Bertz CT molecular complexity index is 376. The molecule has 0 atom stereocenters. The summed E-state index contributed by atoms with van der Waals surface area (Å²) < 4.78 is 36.7. The van der Waals surface area contributed by atoms with Gasteiger partial charge in [0.2, 0.25) is 0 Å². The van der Waals surface area contributed by atoms with Crippen LogP contribution in [0.5, 0.6) is 0 Å². The average molecular weight is 302 g/mol. The second-order valence-corrected chi connectivity index (χ2v) is 3.80. The van der Waals surface area contributed by atoms with E-state index < -0.39 is 18.1 Å². The van der Waals surface area contributed by atoms with E-state index in [0.717, 1.165) is 12.1 Å². The van der Waals surface area contributed by atoms with E-state index in [1.165, 1.54) is 0 Å². The molecule has 0 heterocycles. The van der Waals surface area contributed by atoms with E-state index in [4.69, 9.17) is 11.6 Å². The van der Waals surface area contributed by atoms with Crippen molar-refractivity contribution in [3.8, 4) is 0 Å². The maximum absolute atomic E-state index is 12.7. The summed E-state index contributed by atoms with van der Waals surface area (Å²) in [4.78, 5) is 10.7. The van der Waals surface area contributed by atoms with E-state index >= 15 is 0 Å². The smallest absolute Gasteiger partial charge is 0.315 e. The number of nitrogens with one attached hydrogen (secondary N) is 1. The molecule has 0 fully saturated rings. The van der Waals surface area contributed by atoms with Crippen LogP contribution in [0.1, 0.15) is 0 Å². The highest BCUT2D eigenvalue weighted by Crippen LogP contribution is 2.31. The number of alkyl halides is 2. The molecule has 0 aliphatic rings. The van der Waals surface area contributed by atoms with E-state index in [1.807, 2.05) is 5.32 Å². The highest BCUT2D eigenvalue weighted by molar-refractivity contribution is 9.10. The highest BCUT2D eigenvalue weighted by atomic mass is 79.9. The van der Waals surface area contributed by atoms with Crippen LogP contribution >= 0.6 is 27.5 Å². The normalized spacial score (nSPS) is 10.5. The van der Waals surface area contributed by atoms with E-state index in [-0.39, 0.29) is 15.2 Å². The molecule has 1 aromatic carbocycles. The first kappa shape index (κ1) is 12.3. The van der Waals surface area contributed by atoms with Gasteiger partial charge in [-0.3, -0.25) is 4.79 Å². The van der Waals surface area contributed by atoms with Gasteiger partial charge in [-0.05, 0) is 28.1 Å². The number of benzene rings is 1. The topological polar surface area (TPSA) is 29.1 Å². The molecular formula is C8H4BrClF3NO. The molecule has 0 unspecified atom stereocenters. The average Bonchev–Trinajstić information content (AvgIpc) is 2.10. The molecule has 1 amide bonds. The molecule has 2 nitrogen and oxygen atoms in total. The van der Waals surface area contributed by atoms with Crippen molar-refractivity contribution in [2.24, 2.45) is 0 Å². The molecule has 15 heavy (non-hydrogen) atoms. The van der Waals surface area contributed by atoms with Crippen molar-refractivity contribution in [3.05, 3.63) is 27.4 Å². The summed E-state index contributed by atoms with van der Waals surface area (Å²) >= 11 is 8.45. The van der Waals surface area contributed by atoms with Crippen LogP contribution in [0.2, 0.25) is 5.02 Å². The van der Waals surface area contributed by atoms with Crippen molar-refractivity contribution in [2.75, 3.05) is 5.32 Å². The Morgan fingerprint density at radius 3 is 2.53 bits per heavy atom. The van der Waals surface area contributed by atoms with E-state index in [1.54, 1.807) is 0 Å². The zero-order chi connectivity index (χ0) is 11.6. The minimum Gasteiger partial charge on any atom is -0.319 e. The lowest BCUT2D eigenvalue weighted by atomic mass is 10.3. The number of carbonyl (C=O) groups excluding carboxylic acids is 1. The number of anilines is 1. The van der Waals surface area contributed by atoms with Crippen molar-refractivity contribution < 1.29 is 18.0 Å². The van der Waals surface area contributed by atoms with Gasteiger partial charge >= 0.3 is 6.43 Å². The van der Waals surface area contributed by atoms with Crippen LogP contribution in [0.3, 0.4) is 0 Å². The lowest BCUT2D eigenvalue weighted by molar-refractivity contribution is -0.126. The molecule has 1 aromatic rings. The summed E-state index contributed by atoms with van der Waals surface area (Å²) in [6, 6.07) is 1.92. The van der Waals surface area contributed by atoms with Crippen molar-refractivity contribution in [3.63, 3.8) is 0 Å². The zero-order valence-electron chi connectivity index (χ0n) is 7.03. The summed E-state index contributed by atoms with van der Waals surface area (Å²) in [5, 5.41) is 1.71. The van der Waals surface area contributed by atoms with Gasteiger partial charge in [0.1, 0.15) is 5.82 Å². The van der Waals surface area contributed by atoms with Crippen LogP contribution < -0.4 is 5.32 Å². The Kier molecular flexibility index (Phi) is 3.98. The van der Waals surface area contributed by atoms with Gasteiger partial charge in [0, 0.05) is 4.47 Å². The van der Waals surface area contributed by atoms with Crippen molar-refractivity contribution in [1.82, 2.24) is 0 Å². The zero-order valence-corrected chi connectivity index (χ0v) is 9.37. The van der Waals surface area contributed by atoms with Gasteiger partial charge in [-0.15, -0.1) is 0 Å². The third kappa shape index (κ3) is 3.10. The van der Waals surface area contributed by atoms with Gasteiger partial charge in [-0.1, -0.05) is 11.6 Å². The molecule has 1 N–H and O–H groups in total. The Morgan fingerprint density at radius 2 is 2.07 bits per heavy atom. The second-order valence-electron chi connectivity index (χ2n) is 2.53. The molecule has 82 valence electrons. The van der Waals surface area contributed by atoms with Gasteiger partial charge in [0.15, 0.2) is 0 Å². The molecule has 0 saturated carbocycles. The lowest BCUT2D eigenvalue weighted by Crippen LogP contribution is -2.20. The minimum absolute atomic E-state index is 0.0802. The van der Waals surface area contributed by atoms with Crippen LogP contribution in [0.25, 0.3) is 0 Å². The molecule has 0 spiro atoms. The summed E-state index contributed by atoms with van der Waals surface area (Å²) in [5.41, 5.74) is -0.0802. The van der Waals surface area contributed by atoms with Gasteiger partial charge in [0.05, 0.1) is 10.7 Å². The van der Waals surface area contributed by atoms with Gasteiger partial charge < -0.3 is 5.32 Å². The lowest BCUT2D eigenvalue weighted by Gasteiger charge is -2.08. The first-order valence-corrected chi connectivity index (χ1v) is 4.82. The number of amides is 1. The van der Waals surface area contributed by atoms with Crippen LogP contribution in [-0.4, -0.2) is 12.3 Å². The Hall–Kier alpha value is -0.750. The van der Waals surface area contributed by atoms with Gasteiger partial charge in [-0.2, -0.15) is 8.78 Å². The van der Waals surface area contributed by atoms with E-state index in [0.29, 0.717) is 0 Å². The molecule has 0 aliphatic heterocycles. The largest absolute Gasteiger partial charge is 0.319 e. The number of rotatable bonds is 2. The molecule has 0 aromatic heterocycles. The van der Waals surface area contributed by atoms with Crippen LogP contribution in [0, 0.1) is 5.82 Å². The van der Waals surface area contributed by atoms with Gasteiger partial charge in [0.25, 0.3) is 5.91 Å². The molecule has 1 rings (SSSR count). The monoisotopic (exact) mass is 301 g/mol.